The van der Waals surface area contributed by atoms with E-state index in [0.29, 0.717) is 25.6 Å². The quantitative estimate of drug-likeness (QED) is 0.849. The molecule has 5 nitrogen and oxygen atoms in total. The van der Waals surface area contributed by atoms with Crippen molar-refractivity contribution in [2.45, 2.75) is 44.7 Å². The minimum Gasteiger partial charge on any atom is -0.342 e. The van der Waals surface area contributed by atoms with E-state index in [0.717, 1.165) is 44.0 Å². The van der Waals surface area contributed by atoms with E-state index in [1.165, 1.54) is 12.8 Å². The fourth-order valence-corrected chi connectivity index (χ4v) is 4.11. The van der Waals surface area contributed by atoms with Crippen LogP contribution in [0.5, 0.6) is 0 Å². The molecular weight excluding hydrogens is 326 g/mol. The largest absolute Gasteiger partial charge is 0.342 e. The number of carbonyl (C=O) groups is 2. The van der Waals surface area contributed by atoms with Crippen LogP contribution in [0.15, 0.2) is 30.3 Å². The van der Waals surface area contributed by atoms with E-state index in [2.05, 4.69) is 5.32 Å². The van der Waals surface area contributed by atoms with Crippen LogP contribution in [0.1, 0.15) is 37.7 Å². The van der Waals surface area contributed by atoms with Crippen molar-refractivity contribution in [3.8, 4) is 0 Å². The summed E-state index contributed by atoms with van der Waals surface area (Å²) in [6, 6.07) is 10.6. The number of carbonyl (C=O) groups excluding carboxylic acids is 2. The molecular formula is C21H29N3O2. The second-order valence-corrected chi connectivity index (χ2v) is 8.11. The Labute approximate surface area is 155 Å². The van der Waals surface area contributed by atoms with Crippen molar-refractivity contribution in [1.29, 1.82) is 0 Å². The van der Waals surface area contributed by atoms with Gasteiger partial charge in [-0.2, -0.15) is 0 Å². The maximum Gasteiger partial charge on any atom is 0.227 e. The van der Waals surface area contributed by atoms with E-state index >= 15 is 0 Å². The van der Waals surface area contributed by atoms with Crippen LogP contribution in [0.3, 0.4) is 0 Å². The summed E-state index contributed by atoms with van der Waals surface area (Å²) in [4.78, 5) is 29.0. The van der Waals surface area contributed by atoms with Crippen molar-refractivity contribution >= 4 is 11.8 Å². The van der Waals surface area contributed by atoms with Crippen LogP contribution < -0.4 is 5.32 Å². The van der Waals surface area contributed by atoms with Crippen LogP contribution >= 0.6 is 0 Å². The van der Waals surface area contributed by atoms with E-state index in [9.17, 15) is 9.59 Å². The van der Waals surface area contributed by atoms with Crippen LogP contribution in [-0.4, -0.2) is 53.8 Å². The molecule has 3 fully saturated rings. The first-order chi connectivity index (χ1) is 12.7. The number of likely N-dealkylation sites (tertiary alicyclic amines) is 2. The lowest BCUT2D eigenvalue weighted by atomic mass is 10.0. The molecule has 0 radical (unpaired) electrons. The minimum atomic E-state index is -0.165. The van der Waals surface area contributed by atoms with Crippen LogP contribution in [0, 0.1) is 11.8 Å². The zero-order chi connectivity index (χ0) is 17.9. The first kappa shape index (κ1) is 17.5. The molecule has 0 bridgehead atoms. The molecule has 5 heteroatoms. The summed E-state index contributed by atoms with van der Waals surface area (Å²) < 4.78 is 0. The highest BCUT2D eigenvalue weighted by atomic mass is 16.2. The Morgan fingerprint density at radius 2 is 1.81 bits per heavy atom. The summed E-state index contributed by atoms with van der Waals surface area (Å²) >= 11 is 0. The van der Waals surface area contributed by atoms with Crippen LogP contribution in [-0.2, 0) is 16.1 Å². The van der Waals surface area contributed by atoms with E-state index < -0.39 is 0 Å². The van der Waals surface area contributed by atoms with Crippen molar-refractivity contribution < 1.29 is 9.59 Å². The molecule has 0 aromatic heterocycles. The summed E-state index contributed by atoms with van der Waals surface area (Å²) in [5.74, 6) is 1.01. The summed E-state index contributed by atoms with van der Waals surface area (Å²) in [6.07, 6.45) is 5.18. The lowest BCUT2D eigenvalue weighted by molar-refractivity contribution is -0.136. The van der Waals surface area contributed by atoms with Crippen molar-refractivity contribution in [2.24, 2.45) is 11.8 Å². The van der Waals surface area contributed by atoms with Gasteiger partial charge in [0.1, 0.15) is 0 Å². The van der Waals surface area contributed by atoms with Crippen molar-refractivity contribution in [3.63, 3.8) is 0 Å². The van der Waals surface area contributed by atoms with Gasteiger partial charge in [-0.3, -0.25) is 9.59 Å². The average molecular weight is 355 g/mol. The summed E-state index contributed by atoms with van der Waals surface area (Å²) in [7, 11) is 0. The summed E-state index contributed by atoms with van der Waals surface area (Å²) in [5, 5.41) is 3.65. The van der Waals surface area contributed by atoms with Crippen molar-refractivity contribution in [3.05, 3.63) is 35.9 Å². The number of piperidine rings is 1. The van der Waals surface area contributed by atoms with Crippen LogP contribution in [0.2, 0.25) is 0 Å². The van der Waals surface area contributed by atoms with E-state index in [-0.39, 0.29) is 17.7 Å². The standard InChI is InChI=1S/C21H29N3O2/c25-20-12-18(15-24(20)14-17-4-2-1-3-5-17)21(26)23-10-8-19(9-11-23)22-13-16-6-7-16/h1-5,16,18-19,22H,6-15H2. The molecule has 2 saturated heterocycles. The van der Waals surface area contributed by atoms with Crippen LogP contribution in [0.25, 0.3) is 0 Å². The number of rotatable bonds is 6. The molecule has 1 aliphatic carbocycles. The first-order valence-electron chi connectivity index (χ1n) is 10.0. The SMILES string of the molecule is O=C1CC(C(=O)N2CCC(NCC3CC3)CC2)CN1Cc1ccccc1. The highest BCUT2D eigenvalue weighted by molar-refractivity contribution is 5.89. The molecule has 4 rings (SSSR count). The Morgan fingerprint density at radius 3 is 2.50 bits per heavy atom. The summed E-state index contributed by atoms with van der Waals surface area (Å²) in [6.45, 7) is 3.96. The number of hydrogen-bond donors (Lipinski definition) is 1. The highest BCUT2D eigenvalue weighted by Crippen LogP contribution is 2.28. The summed E-state index contributed by atoms with van der Waals surface area (Å²) in [5.41, 5.74) is 1.12. The highest BCUT2D eigenvalue weighted by Gasteiger charge is 2.37. The van der Waals surface area contributed by atoms with E-state index in [1.54, 1.807) is 0 Å². The first-order valence-corrected chi connectivity index (χ1v) is 10.0. The normalized spacial score (nSPS) is 24.3. The molecule has 1 aromatic carbocycles. The zero-order valence-corrected chi connectivity index (χ0v) is 15.4. The minimum absolute atomic E-state index is 0.105. The van der Waals surface area contributed by atoms with Gasteiger partial charge >= 0.3 is 0 Å². The molecule has 1 saturated carbocycles. The molecule has 2 aliphatic heterocycles. The van der Waals surface area contributed by atoms with E-state index in [4.69, 9.17) is 0 Å². The molecule has 140 valence electrons. The number of benzene rings is 1. The predicted molar refractivity (Wildman–Crippen MR) is 100 cm³/mol. The van der Waals surface area contributed by atoms with Gasteiger partial charge in [-0.05, 0) is 43.7 Å². The molecule has 1 atom stereocenters. The molecule has 26 heavy (non-hydrogen) atoms. The fourth-order valence-electron chi connectivity index (χ4n) is 4.11. The van der Waals surface area contributed by atoms with Gasteiger partial charge in [-0.1, -0.05) is 30.3 Å². The average Bonchev–Trinajstić information content (AvgIpc) is 3.44. The Hall–Kier alpha value is -1.88. The smallest absolute Gasteiger partial charge is 0.227 e. The third kappa shape index (κ3) is 4.26. The molecule has 1 unspecified atom stereocenters. The Kier molecular flexibility index (Phi) is 5.25. The van der Waals surface area contributed by atoms with Crippen molar-refractivity contribution in [1.82, 2.24) is 15.1 Å². The number of nitrogens with one attached hydrogen (secondary N) is 1. The maximum absolute atomic E-state index is 12.9. The zero-order valence-electron chi connectivity index (χ0n) is 15.4. The Morgan fingerprint density at radius 1 is 1.08 bits per heavy atom. The third-order valence-electron chi connectivity index (χ3n) is 5.98. The number of amides is 2. The van der Waals surface area contributed by atoms with Gasteiger partial charge in [0.15, 0.2) is 0 Å². The second kappa shape index (κ2) is 7.78. The van der Waals surface area contributed by atoms with Gasteiger partial charge in [0.2, 0.25) is 11.8 Å². The maximum atomic E-state index is 12.9. The lowest BCUT2D eigenvalue weighted by Crippen LogP contribution is -2.47. The molecule has 3 aliphatic rings. The predicted octanol–water partition coefficient (Wildman–Crippen LogP) is 2.03. The van der Waals surface area contributed by atoms with Gasteiger partial charge in [0.05, 0.1) is 5.92 Å². The molecule has 1 aromatic rings. The van der Waals surface area contributed by atoms with Gasteiger partial charge in [-0.25, -0.2) is 0 Å². The number of nitrogens with zero attached hydrogens (tertiary/aromatic N) is 2. The molecule has 0 spiro atoms. The molecule has 2 amide bonds. The van der Waals surface area contributed by atoms with E-state index in [1.807, 2.05) is 40.1 Å². The second-order valence-electron chi connectivity index (χ2n) is 8.11. The number of hydrogen-bond acceptors (Lipinski definition) is 3. The van der Waals surface area contributed by atoms with Crippen LogP contribution in [0.4, 0.5) is 0 Å². The molecule has 1 N–H and O–H groups in total. The molecule has 2 heterocycles. The Bertz CT molecular complexity index is 636. The monoisotopic (exact) mass is 355 g/mol. The topological polar surface area (TPSA) is 52.7 Å². The van der Waals surface area contributed by atoms with Gasteiger partial charge < -0.3 is 15.1 Å². The fraction of sp³-hybridized carbons (Fsp3) is 0.619. The third-order valence-corrected chi connectivity index (χ3v) is 5.98. The van der Waals surface area contributed by atoms with Gasteiger partial charge in [0.25, 0.3) is 0 Å². The van der Waals surface area contributed by atoms with Crippen molar-refractivity contribution in [2.75, 3.05) is 26.2 Å². The van der Waals surface area contributed by atoms with Gasteiger partial charge in [0, 0.05) is 38.6 Å². The Balaban J connectivity index is 1.25. The van der Waals surface area contributed by atoms with Gasteiger partial charge in [-0.15, -0.1) is 0 Å². The lowest BCUT2D eigenvalue weighted by Gasteiger charge is -2.34.